The van der Waals surface area contributed by atoms with Crippen molar-refractivity contribution in [2.24, 2.45) is 0 Å². The summed E-state index contributed by atoms with van der Waals surface area (Å²) >= 11 is 0. The van der Waals surface area contributed by atoms with Crippen LogP contribution in [-0.4, -0.2) is 21.9 Å². The normalized spacial score (nSPS) is 11.5. The third-order valence-electron chi connectivity index (χ3n) is 4.81. The van der Waals surface area contributed by atoms with Gasteiger partial charge >= 0.3 is 12.1 Å². The second kappa shape index (κ2) is 9.96. The summed E-state index contributed by atoms with van der Waals surface area (Å²) in [4.78, 5) is 25.5. The highest BCUT2D eigenvalue weighted by Gasteiger charge is 2.33. The van der Waals surface area contributed by atoms with E-state index >= 15 is 0 Å². The van der Waals surface area contributed by atoms with Crippen LogP contribution in [0, 0.1) is 0 Å². The monoisotopic (exact) mass is 439 g/mol. The molecule has 1 N–H and O–H groups in total. The summed E-state index contributed by atoms with van der Waals surface area (Å²) in [5.41, 5.74) is 0.687. The molecule has 1 amide bonds. The molecule has 0 unspecified atom stereocenters. The third kappa shape index (κ3) is 5.85. The SMILES string of the molecule is O=C(O)/C=C/c1ccccc1CN(Cc1ccccc1C(F)(F)F)C(=O)c1ccccc1. The standard InChI is InChI=1S/C25H20F3NO3/c26-25(27,28)22-13-7-6-12-21(22)17-29(24(32)19-9-2-1-3-10-19)16-20-11-5-4-8-18(20)14-15-23(30)31/h1-15H,16-17H2,(H,30,31)/b15-14+. The average Bonchev–Trinajstić information content (AvgIpc) is 2.77. The maximum Gasteiger partial charge on any atom is 0.416 e. The van der Waals surface area contributed by atoms with Crippen molar-refractivity contribution in [1.82, 2.24) is 4.90 Å². The van der Waals surface area contributed by atoms with Gasteiger partial charge in [-0.1, -0.05) is 60.7 Å². The van der Waals surface area contributed by atoms with Crippen LogP contribution in [0.4, 0.5) is 13.2 Å². The van der Waals surface area contributed by atoms with Crippen LogP contribution >= 0.6 is 0 Å². The summed E-state index contributed by atoms with van der Waals surface area (Å²) in [5.74, 6) is -1.56. The van der Waals surface area contributed by atoms with Crippen molar-refractivity contribution in [2.45, 2.75) is 19.3 Å². The number of carboxylic acids is 1. The van der Waals surface area contributed by atoms with Crippen molar-refractivity contribution < 1.29 is 27.9 Å². The highest BCUT2D eigenvalue weighted by Crippen LogP contribution is 2.33. The van der Waals surface area contributed by atoms with E-state index in [0.29, 0.717) is 16.7 Å². The number of benzene rings is 3. The van der Waals surface area contributed by atoms with Crippen molar-refractivity contribution >= 4 is 18.0 Å². The van der Waals surface area contributed by atoms with Crippen molar-refractivity contribution in [3.63, 3.8) is 0 Å². The van der Waals surface area contributed by atoms with E-state index < -0.39 is 23.6 Å². The number of alkyl halides is 3. The van der Waals surface area contributed by atoms with Gasteiger partial charge in [-0.2, -0.15) is 13.2 Å². The van der Waals surface area contributed by atoms with E-state index in [-0.39, 0.29) is 18.7 Å². The van der Waals surface area contributed by atoms with Gasteiger partial charge in [-0.3, -0.25) is 4.79 Å². The summed E-state index contributed by atoms with van der Waals surface area (Å²) in [7, 11) is 0. The maximum absolute atomic E-state index is 13.5. The third-order valence-corrected chi connectivity index (χ3v) is 4.81. The Morgan fingerprint density at radius 2 is 1.38 bits per heavy atom. The van der Waals surface area contributed by atoms with Crippen molar-refractivity contribution in [1.29, 1.82) is 0 Å². The summed E-state index contributed by atoms with van der Waals surface area (Å²) in [6, 6.07) is 20.3. The minimum atomic E-state index is -4.56. The topological polar surface area (TPSA) is 57.6 Å². The van der Waals surface area contributed by atoms with E-state index in [1.54, 1.807) is 54.6 Å². The van der Waals surface area contributed by atoms with Gasteiger partial charge in [0.05, 0.1) is 5.56 Å². The fourth-order valence-corrected chi connectivity index (χ4v) is 3.31. The zero-order chi connectivity index (χ0) is 23.1. The van der Waals surface area contributed by atoms with Crippen LogP contribution in [0.15, 0.2) is 84.9 Å². The van der Waals surface area contributed by atoms with E-state index in [0.717, 1.165) is 12.1 Å². The minimum Gasteiger partial charge on any atom is -0.478 e. The van der Waals surface area contributed by atoms with E-state index in [1.165, 1.54) is 29.2 Å². The Morgan fingerprint density at radius 3 is 2.03 bits per heavy atom. The molecule has 0 fully saturated rings. The number of carbonyl (C=O) groups excluding carboxylic acids is 1. The first-order chi connectivity index (χ1) is 15.3. The lowest BCUT2D eigenvalue weighted by Crippen LogP contribution is -2.31. The van der Waals surface area contributed by atoms with E-state index in [2.05, 4.69) is 0 Å². The highest BCUT2D eigenvalue weighted by atomic mass is 19.4. The number of rotatable bonds is 7. The molecule has 0 bridgehead atoms. The molecule has 0 saturated heterocycles. The Morgan fingerprint density at radius 1 is 0.812 bits per heavy atom. The molecule has 7 heteroatoms. The number of aliphatic carboxylic acids is 1. The average molecular weight is 439 g/mol. The van der Waals surface area contributed by atoms with Gasteiger partial charge in [0.25, 0.3) is 5.91 Å². The molecule has 0 aliphatic heterocycles. The molecule has 0 aromatic heterocycles. The molecule has 4 nitrogen and oxygen atoms in total. The molecule has 164 valence electrons. The van der Waals surface area contributed by atoms with Crippen LogP contribution in [0.1, 0.15) is 32.6 Å². The van der Waals surface area contributed by atoms with Gasteiger partial charge < -0.3 is 10.0 Å². The lowest BCUT2D eigenvalue weighted by molar-refractivity contribution is -0.138. The second-order valence-corrected chi connectivity index (χ2v) is 7.05. The Bertz CT molecular complexity index is 1120. The number of halogens is 3. The smallest absolute Gasteiger partial charge is 0.416 e. The first-order valence-electron chi connectivity index (χ1n) is 9.74. The predicted molar refractivity (Wildman–Crippen MR) is 115 cm³/mol. The molecule has 0 radical (unpaired) electrons. The number of amides is 1. The summed E-state index contributed by atoms with van der Waals surface area (Å²) in [6.45, 7) is -0.263. The van der Waals surface area contributed by atoms with Gasteiger partial charge in [0, 0.05) is 24.7 Å². The molecular weight excluding hydrogens is 419 g/mol. The second-order valence-electron chi connectivity index (χ2n) is 7.05. The van der Waals surface area contributed by atoms with Crippen LogP contribution in [0.2, 0.25) is 0 Å². The first kappa shape index (κ1) is 22.8. The van der Waals surface area contributed by atoms with Gasteiger partial charge in [-0.05, 0) is 41.0 Å². The van der Waals surface area contributed by atoms with Crippen LogP contribution in [0.25, 0.3) is 6.08 Å². The highest BCUT2D eigenvalue weighted by molar-refractivity contribution is 5.94. The van der Waals surface area contributed by atoms with Gasteiger partial charge in [-0.25, -0.2) is 4.79 Å². The van der Waals surface area contributed by atoms with Crippen molar-refractivity contribution in [3.8, 4) is 0 Å². The summed E-state index contributed by atoms with van der Waals surface area (Å²) in [6.07, 6.45) is -2.19. The molecule has 0 spiro atoms. The quantitative estimate of drug-likeness (QED) is 0.485. The molecule has 0 saturated carbocycles. The first-order valence-corrected chi connectivity index (χ1v) is 9.74. The summed E-state index contributed by atoms with van der Waals surface area (Å²) < 4.78 is 40.6. The number of hydrogen-bond donors (Lipinski definition) is 1. The van der Waals surface area contributed by atoms with Crippen molar-refractivity contribution in [3.05, 3.63) is 113 Å². The zero-order valence-electron chi connectivity index (χ0n) is 16.9. The van der Waals surface area contributed by atoms with Gasteiger partial charge in [-0.15, -0.1) is 0 Å². The Labute approximate surface area is 183 Å². The lowest BCUT2D eigenvalue weighted by Gasteiger charge is -2.25. The zero-order valence-corrected chi connectivity index (χ0v) is 16.9. The molecule has 0 heterocycles. The molecule has 3 rings (SSSR count). The van der Waals surface area contributed by atoms with Gasteiger partial charge in [0.1, 0.15) is 0 Å². The predicted octanol–water partition coefficient (Wildman–Crippen LogP) is 5.65. The Hall–Kier alpha value is -3.87. The van der Waals surface area contributed by atoms with Crippen LogP contribution in [0.3, 0.4) is 0 Å². The summed E-state index contributed by atoms with van der Waals surface area (Å²) in [5, 5.41) is 8.93. The fourth-order valence-electron chi connectivity index (χ4n) is 3.31. The molecule has 0 aliphatic carbocycles. The van der Waals surface area contributed by atoms with Crippen LogP contribution in [-0.2, 0) is 24.1 Å². The van der Waals surface area contributed by atoms with Gasteiger partial charge in [0.15, 0.2) is 0 Å². The number of hydrogen-bond acceptors (Lipinski definition) is 2. The number of carbonyl (C=O) groups is 2. The van der Waals surface area contributed by atoms with Crippen molar-refractivity contribution in [2.75, 3.05) is 0 Å². The minimum absolute atomic E-state index is 0.0000510. The molecule has 3 aromatic rings. The van der Waals surface area contributed by atoms with E-state index in [4.69, 9.17) is 5.11 Å². The largest absolute Gasteiger partial charge is 0.478 e. The lowest BCUT2D eigenvalue weighted by atomic mass is 10.0. The molecule has 0 atom stereocenters. The molecule has 32 heavy (non-hydrogen) atoms. The van der Waals surface area contributed by atoms with Crippen LogP contribution in [0.5, 0.6) is 0 Å². The Kier molecular flexibility index (Phi) is 7.10. The number of nitrogens with zero attached hydrogens (tertiary/aromatic N) is 1. The molecule has 0 aliphatic rings. The number of carboxylic acid groups (broad SMARTS) is 1. The molecular formula is C25H20F3NO3. The van der Waals surface area contributed by atoms with Gasteiger partial charge in [0.2, 0.25) is 0 Å². The van der Waals surface area contributed by atoms with E-state index in [9.17, 15) is 22.8 Å². The Balaban J connectivity index is 2.01. The molecule has 3 aromatic carbocycles. The van der Waals surface area contributed by atoms with Crippen LogP contribution < -0.4 is 0 Å². The fraction of sp³-hybridized carbons (Fsp3) is 0.120. The van der Waals surface area contributed by atoms with E-state index in [1.807, 2.05) is 0 Å². The maximum atomic E-state index is 13.5.